The lowest BCUT2D eigenvalue weighted by Crippen LogP contribution is -2.44. The fourth-order valence-corrected chi connectivity index (χ4v) is 2.57. The SMILES string of the molecule is CC(=O)NC1CCN(c2ncnc(N)c2Br)CC1. The van der Waals surface area contributed by atoms with Gasteiger partial charge in [-0.3, -0.25) is 4.79 Å². The molecular formula is C11H16BrN5O. The number of piperidine rings is 1. The summed E-state index contributed by atoms with van der Waals surface area (Å²) in [6.07, 6.45) is 3.29. The molecule has 2 heterocycles. The van der Waals surface area contributed by atoms with Gasteiger partial charge in [-0.05, 0) is 28.8 Å². The number of nitrogens with zero attached hydrogens (tertiary/aromatic N) is 3. The highest BCUT2D eigenvalue weighted by Crippen LogP contribution is 2.29. The molecule has 1 amide bonds. The third-order valence-corrected chi connectivity index (χ3v) is 3.76. The minimum absolute atomic E-state index is 0.0286. The zero-order chi connectivity index (χ0) is 13.1. The highest BCUT2D eigenvalue weighted by Gasteiger charge is 2.22. The van der Waals surface area contributed by atoms with Crippen LogP contribution in [0.4, 0.5) is 11.6 Å². The highest BCUT2D eigenvalue weighted by molar-refractivity contribution is 9.10. The molecule has 1 aliphatic rings. The van der Waals surface area contributed by atoms with Gasteiger partial charge >= 0.3 is 0 Å². The molecule has 0 saturated carbocycles. The number of carbonyl (C=O) groups excluding carboxylic acids is 1. The van der Waals surface area contributed by atoms with Crippen molar-refractivity contribution in [3.05, 3.63) is 10.8 Å². The van der Waals surface area contributed by atoms with Crippen molar-refractivity contribution < 1.29 is 4.79 Å². The van der Waals surface area contributed by atoms with E-state index in [9.17, 15) is 4.79 Å². The first-order chi connectivity index (χ1) is 8.58. The Balaban J connectivity index is 2.01. The normalized spacial score (nSPS) is 16.7. The summed E-state index contributed by atoms with van der Waals surface area (Å²) in [5.74, 6) is 1.30. The lowest BCUT2D eigenvalue weighted by Gasteiger charge is -2.33. The molecule has 1 aliphatic heterocycles. The van der Waals surface area contributed by atoms with E-state index in [2.05, 4.69) is 36.1 Å². The van der Waals surface area contributed by atoms with Crippen molar-refractivity contribution >= 4 is 33.5 Å². The van der Waals surface area contributed by atoms with Crippen molar-refractivity contribution in [2.45, 2.75) is 25.8 Å². The van der Waals surface area contributed by atoms with Crippen LogP contribution < -0.4 is 16.0 Å². The maximum atomic E-state index is 11.0. The number of nitrogen functional groups attached to an aromatic ring is 1. The number of amides is 1. The Hall–Kier alpha value is -1.37. The molecule has 98 valence electrons. The van der Waals surface area contributed by atoms with Gasteiger partial charge in [-0.25, -0.2) is 9.97 Å². The van der Waals surface area contributed by atoms with Crippen molar-refractivity contribution in [2.75, 3.05) is 23.7 Å². The Morgan fingerprint density at radius 2 is 2.17 bits per heavy atom. The van der Waals surface area contributed by atoms with Crippen LogP contribution in [0, 0.1) is 0 Å². The number of carbonyl (C=O) groups is 1. The number of rotatable bonds is 2. The molecule has 0 bridgehead atoms. The van der Waals surface area contributed by atoms with Crippen LogP contribution in [0.15, 0.2) is 10.8 Å². The van der Waals surface area contributed by atoms with E-state index < -0.39 is 0 Å². The first-order valence-electron chi connectivity index (χ1n) is 5.86. The molecule has 1 aromatic rings. The molecule has 7 heteroatoms. The van der Waals surface area contributed by atoms with E-state index in [0.29, 0.717) is 5.82 Å². The quantitative estimate of drug-likeness (QED) is 0.848. The second-order valence-electron chi connectivity index (χ2n) is 4.36. The van der Waals surface area contributed by atoms with E-state index in [1.165, 1.54) is 6.33 Å². The molecule has 6 nitrogen and oxygen atoms in total. The maximum Gasteiger partial charge on any atom is 0.217 e. The van der Waals surface area contributed by atoms with Gasteiger partial charge in [0.1, 0.15) is 22.4 Å². The molecule has 1 saturated heterocycles. The predicted molar refractivity (Wildman–Crippen MR) is 73.2 cm³/mol. The number of hydrogen-bond acceptors (Lipinski definition) is 5. The van der Waals surface area contributed by atoms with Crippen molar-refractivity contribution in [3.63, 3.8) is 0 Å². The van der Waals surface area contributed by atoms with Crippen molar-refractivity contribution in [1.82, 2.24) is 15.3 Å². The van der Waals surface area contributed by atoms with Crippen LogP contribution in [0.5, 0.6) is 0 Å². The lowest BCUT2D eigenvalue weighted by molar-refractivity contribution is -0.119. The largest absolute Gasteiger partial charge is 0.383 e. The number of nitrogens with two attached hydrogens (primary N) is 1. The number of aromatic nitrogens is 2. The Morgan fingerprint density at radius 3 is 2.78 bits per heavy atom. The van der Waals surface area contributed by atoms with E-state index in [1.54, 1.807) is 6.92 Å². The van der Waals surface area contributed by atoms with Crippen LogP contribution in [0.25, 0.3) is 0 Å². The summed E-state index contributed by atoms with van der Waals surface area (Å²) in [6, 6.07) is 0.261. The third-order valence-electron chi connectivity index (χ3n) is 3.00. The van der Waals surface area contributed by atoms with Gasteiger partial charge in [-0.2, -0.15) is 0 Å². The van der Waals surface area contributed by atoms with Gasteiger partial charge in [0.25, 0.3) is 0 Å². The molecule has 0 radical (unpaired) electrons. The summed E-state index contributed by atoms with van der Waals surface area (Å²) in [5, 5.41) is 2.94. The van der Waals surface area contributed by atoms with Gasteiger partial charge in [0.15, 0.2) is 0 Å². The zero-order valence-corrected chi connectivity index (χ0v) is 11.8. The van der Waals surface area contributed by atoms with Crippen LogP contribution >= 0.6 is 15.9 Å². The maximum absolute atomic E-state index is 11.0. The Kier molecular flexibility index (Phi) is 4.00. The highest BCUT2D eigenvalue weighted by atomic mass is 79.9. The summed E-state index contributed by atoms with van der Waals surface area (Å²) in [7, 11) is 0. The number of nitrogens with one attached hydrogen (secondary N) is 1. The second-order valence-corrected chi connectivity index (χ2v) is 5.15. The van der Waals surface area contributed by atoms with E-state index in [0.717, 1.165) is 36.2 Å². The van der Waals surface area contributed by atoms with Crippen LogP contribution in [-0.2, 0) is 4.79 Å². The lowest BCUT2D eigenvalue weighted by atomic mass is 10.1. The van der Waals surface area contributed by atoms with Crippen molar-refractivity contribution in [1.29, 1.82) is 0 Å². The van der Waals surface area contributed by atoms with Gasteiger partial charge in [0, 0.05) is 26.1 Å². The fourth-order valence-electron chi connectivity index (χ4n) is 2.12. The fraction of sp³-hybridized carbons (Fsp3) is 0.545. The van der Waals surface area contributed by atoms with E-state index in [1.807, 2.05) is 0 Å². The zero-order valence-electron chi connectivity index (χ0n) is 10.2. The second kappa shape index (κ2) is 5.51. The molecule has 0 atom stereocenters. The van der Waals surface area contributed by atoms with Gasteiger partial charge in [0.2, 0.25) is 5.91 Å². The molecule has 0 unspecified atom stereocenters. The molecule has 1 aromatic heterocycles. The molecule has 18 heavy (non-hydrogen) atoms. The molecule has 0 aromatic carbocycles. The summed E-state index contributed by atoms with van der Waals surface area (Å²) in [4.78, 5) is 21.3. The summed E-state index contributed by atoms with van der Waals surface area (Å²) in [6.45, 7) is 3.24. The van der Waals surface area contributed by atoms with Crippen LogP contribution in [0.1, 0.15) is 19.8 Å². The predicted octanol–water partition coefficient (Wildman–Crippen LogP) is 0.926. The Morgan fingerprint density at radius 1 is 1.50 bits per heavy atom. The average molecular weight is 314 g/mol. The summed E-state index contributed by atoms with van der Waals surface area (Å²) in [5.41, 5.74) is 5.74. The molecule has 2 rings (SSSR count). The standard InChI is InChI=1S/C11H16BrN5O/c1-7(18)16-8-2-4-17(5-3-8)11-9(12)10(13)14-6-15-11/h6,8H,2-5H2,1H3,(H,16,18)(H2,13,14,15). The van der Waals surface area contributed by atoms with E-state index in [4.69, 9.17) is 5.73 Å². The van der Waals surface area contributed by atoms with Gasteiger partial charge in [-0.1, -0.05) is 0 Å². The van der Waals surface area contributed by atoms with Gasteiger partial charge in [0.05, 0.1) is 0 Å². The summed E-state index contributed by atoms with van der Waals surface area (Å²) < 4.78 is 0.739. The molecule has 0 spiro atoms. The number of halogens is 1. The summed E-state index contributed by atoms with van der Waals surface area (Å²) >= 11 is 3.41. The van der Waals surface area contributed by atoms with E-state index in [-0.39, 0.29) is 11.9 Å². The molecule has 3 N–H and O–H groups in total. The van der Waals surface area contributed by atoms with Crippen LogP contribution in [-0.4, -0.2) is 35.0 Å². The topological polar surface area (TPSA) is 84.1 Å². The Labute approximate surface area is 114 Å². The van der Waals surface area contributed by atoms with Crippen molar-refractivity contribution in [2.24, 2.45) is 0 Å². The minimum Gasteiger partial charge on any atom is -0.383 e. The number of anilines is 2. The van der Waals surface area contributed by atoms with E-state index >= 15 is 0 Å². The first-order valence-corrected chi connectivity index (χ1v) is 6.65. The Bertz CT molecular complexity index is 445. The number of hydrogen-bond donors (Lipinski definition) is 2. The van der Waals surface area contributed by atoms with Gasteiger partial charge in [-0.15, -0.1) is 0 Å². The monoisotopic (exact) mass is 313 g/mol. The molecule has 0 aliphatic carbocycles. The molecule has 1 fully saturated rings. The minimum atomic E-state index is 0.0286. The van der Waals surface area contributed by atoms with Crippen molar-refractivity contribution in [3.8, 4) is 0 Å². The third kappa shape index (κ3) is 2.90. The first kappa shape index (κ1) is 13.1. The van der Waals surface area contributed by atoms with Crippen LogP contribution in [0.2, 0.25) is 0 Å². The average Bonchev–Trinajstić information content (AvgIpc) is 2.33. The molecular weight excluding hydrogens is 298 g/mol. The van der Waals surface area contributed by atoms with Gasteiger partial charge < -0.3 is 16.0 Å². The van der Waals surface area contributed by atoms with Crippen LogP contribution in [0.3, 0.4) is 0 Å². The smallest absolute Gasteiger partial charge is 0.217 e.